The SMILES string of the molecule is CNC(C)(CCCOc1c(Br)cccc1[N+](=O)[O-])C(=O)O. The second kappa shape index (κ2) is 7.37. The number of nitrogens with zero attached hydrogens (tertiary/aromatic N) is 1. The number of likely N-dealkylation sites (N-methyl/N-ethyl adjacent to an activating group) is 1. The lowest BCUT2D eigenvalue weighted by molar-refractivity contribution is -0.386. The maximum Gasteiger partial charge on any atom is 0.323 e. The fraction of sp³-hybridized carbons (Fsp3) is 0.462. The highest BCUT2D eigenvalue weighted by Gasteiger charge is 2.30. The molecule has 0 saturated heterocycles. The van der Waals surface area contributed by atoms with Gasteiger partial charge in [-0.1, -0.05) is 6.07 Å². The molecular weight excluding hydrogens is 344 g/mol. The number of carboxylic acids is 1. The number of nitro benzene ring substituents is 1. The summed E-state index contributed by atoms with van der Waals surface area (Å²) in [5.41, 5.74) is -1.16. The second-order valence-corrected chi connectivity index (χ2v) is 5.54. The first-order valence-electron chi connectivity index (χ1n) is 6.30. The highest BCUT2D eigenvalue weighted by Crippen LogP contribution is 2.34. The zero-order valence-electron chi connectivity index (χ0n) is 11.8. The van der Waals surface area contributed by atoms with Gasteiger partial charge in [0.05, 0.1) is 16.0 Å². The summed E-state index contributed by atoms with van der Waals surface area (Å²) in [7, 11) is 1.58. The number of para-hydroxylation sites is 1. The molecular formula is C13H17BrN2O5. The van der Waals surface area contributed by atoms with Crippen LogP contribution in [0.2, 0.25) is 0 Å². The Hall–Kier alpha value is -1.67. The topological polar surface area (TPSA) is 102 Å². The van der Waals surface area contributed by atoms with Gasteiger partial charge in [0.2, 0.25) is 5.75 Å². The molecule has 21 heavy (non-hydrogen) atoms. The van der Waals surface area contributed by atoms with Gasteiger partial charge in [0.15, 0.2) is 0 Å². The molecule has 0 bridgehead atoms. The standard InChI is InChI=1S/C13H17BrN2O5/c1-13(15-2,12(17)18)7-4-8-21-11-9(14)5-3-6-10(11)16(19)20/h3,5-6,15H,4,7-8H2,1-2H3,(H,17,18). The molecule has 1 aromatic carbocycles. The Labute approximate surface area is 130 Å². The zero-order chi connectivity index (χ0) is 16.0. The normalized spacial score (nSPS) is 13.5. The number of rotatable bonds is 8. The van der Waals surface area contributed by atoms with Crippen molar-refractivity contribution in [3.8, 4) is 5.75 Å². The summed E-state index contributed by atoms with van der Waals surface area (Å²) >= 11 is 3.21. The number of hydrogen-bond donors (Lipinski definition) is 2. The number of hydrogen-bond acceptors (Lipinski definition) is 5. The van der Waals surface area contributed by atoms with Crippen LogP contribution >= 0.6 is 15.9 Å². The van der Waals surface area contributed by atoms with Crippen LogP contribution in [0, 0.1) is 10.1 Å². The molecule has 7 nitrogen and oxygen atoms in total. The number of benzene rings is 1. The van der Waals surface area contributed by atoms with Crippen LogP contribution in [0.1, 0.15) is 19.8 Å². The third-order valence-corrected chi connectivity index (χ3v) is 3.86. The molecule has 0 aromatic heterocycles. The molecule has 0 saturated carbocycles. The van der Waals surface area contributed by atoms with E-state index in [9.17, 15) is 14.9 Å². The summed E-state index contributed by atoms with van der Waals surface area (Å²) in [6.07, 6.45) is 0.791. The predicted octanol–water partition coefficient (Wildman–Crippen LogP) is 2.58. The van der Waals surface area contributed by atoms with Crippen LogP contribution in [-0.2, 0) is 4.79 Å². The quantitative estimate of drug-likeness (QED) is 0.419. The third-order valence-electron chi connectivity index (χ3n) is 3.23. The minimum absolute atomic E-state index is 0.126. The van der Waals surface area contributed by atoms with E-state index in [0.717, 1.165) is 0 Å². The van der Waals surface area contributed by atoms with Gasteiger partial charge < -0.3 is 15.2 Å². The molecule has 8 heteroatoms. The van der Waals surface area contributed by atoms with E-state index in [1.807, 2.05) is 0 Å². The van der Waals surface area contributed by atoms with Gasteiger partial charge in [0.25, 0.3) is 0 Å². The highest BCUT2D eigenvalue weighted by molar-refractivity contribution is 9.10. The van der Waals surface area contributed by atoms with E-state index >= 15 is 0 Å². The van der Waals surface area contributed by atoms with Crippen LogP contribution in [0.3, 0.4) is 0 Å². The Morgan fingerprint density at radius 3 is 2.76 bits per heavy atom. The van der Waals surface area contributed by atoms with Crippen molar-refractivity contribution < 1.29 is 19.6 Å². The van der Waals surface area contributed by atoms with Crippen LogP contribution in [0.15, 0.2) is 22.7 Å². The van der Waals surface area contributed by atoms with Crippen molar-refractivity contribution in [2.75, 3.05) is 13.7 Å². The summed E-state index contributed by atoms with van der Waals surface area (Å²) in [6.45, 7) is 1.77. The van der Waals surface area contributed by atoms with E-state index in [2.05, 4.69) is 21.2 Å². The Morgan fingerprint density at radius 2 is 2.24 bits per heavy atom. The maximum atomic E-state index is 11.1. The first-order valence-corrected chi connectivity index (χ1v) is 7.09. The van der Waals surface area contributed by atoms with Crippen LogP contribution < -0.4 is 10.1 Å². The van der Waals surface area contributed by atoms with Gasteiger partial charge >= 0.3 is 11.7 Å². The lowest BCUT2D eigenvalue weighted by atomic mass is 9.96. The van der Waals surface area contributed by atoms with E-state index < -0.39 is 16.4 Å². The average Bonchev–Trinajstić information content (AvgIpc) is 2.43. The van der Waals surface area contributed by atoms with Crippen LogP contribution in [0.5, 0.6) is 5.75 Å². The fourth-order valence-corrected chi connectivity index (χ4v) is 2.19. The highest BCUT2D eigenvalue weighted by atomic mass is 79.9. The number of ether oxygens (including phenoxy) is 1. The zero-order valence-corrected chi connectivity index (χ0v) is 13.3. The van der Waals surface area contributed by atoms with Gasteiger partial charge in [-0.2, -0.15) is 0 Å². The molecule has 0 radical (unpaired) electrons. The summed E-state index contributed by atoms with van der Waals surface area (Å²) in [4.78, 5) is 21.5. The van der Waals surface area contributed by atoms with E-state index in [-0.39, 0.29) is 18.0 Å². The van der Waals surface area contributed by atoms with Crippen molar-refractivity contribution >= 4 is 27.6 Å². The number of carboxylic acid groups (broad SMARTS) is 1. The van der Waals surface area contributed by atoms with Gasteiger partial charge in [-0.15, -0.1) is 0 Å². The molecule has 0 amide bonds. The summed E-state index contributed by atoms with van der Waals surface area (Å²) in [6, 6.07) is 4.56. The number of nitro groups is 1. The van der Waals surface area contributed by atoms with Crippen LogP contribution in [0.25, 0.3) is 0 Å². The molecule has 116 valence electrons. The lowest BCUT2D eigenvalue weighted by Gasteiger charge is -2.23. The monoisotopic (exact) mass is 360 g/mol. The van der Waals surface area contributed by atoms with Crippen LogP contribution in [0.4, 0.5) is 5.69 Å². The van der Waals surface area contributed by atoms with Crippen molar-refractivity contribution in [3.05, 3.63) is 32.8 Å². The molecule has 0 fully saturated rings. The van der Waals surface area contributed by atoms with E-state index in [1.54, 1.807) is 26.1 Å². The molecule has 1 aromatic rings. The second-order valence-electron chi connectivity index (χ2n) is 4.68. The molecule has 1 atom stereocenters. The Balaban J connectivity index is 2.65. The summed E-state index contributed by atoms with van der Waals surface area (Å²) in [5.74, 6) is -0.791. The molecule has 1 unspecified atom stereocenters. The van der Waals surface area contributed by atoms with Crippen molar-refractivity contribution in [2.45, 2.75) is 25.3 Å². The van der Waals surface area contributed by atoms with Gasteiger partial charge in [0.1, 0.15) is 5.54 Å². The molecule has 0 spiro atoms. The van der Waals surface area contributed by atoms with E-state index in [0.29, 0.717) is 17.3 Å². The fourth-order valence-electron chi connectivity index (χ4n) is 1.72. The Morgan fingerprint density at radius 1 is 1.57 bits per heavy atom. The average molecular weight is 361 g/mol. The van der Waals surface area contributed by atoms with E-state index in [1.165, 1.54) is 6.07 Å². The van der Waals surface area contributed by atoms with Crippen molar-refractivity contribution in [2.24, 2.45) is 0 Å². The molecule has 1 rings (SSSR count). The minimum atomic E-state index is -1.04. The lowest BCUT2D eigenvalue weighted by Crippen LogP contribution is -2.47. The van der Waals surface area contributed by atoms with Gasteiger partial charge in [0, 0.05) is 6.07 Å². The minimum Gasteiger partial charge on any atom is -0.486 e. The van der Waals surface area contributed by atoms with Gasteiger partial charge in [-0.25, -0.2) is 0 Å². The van der Waals surface area contributed by atoms with Crippen molar-refractivity contribution in [1.82, 2.24) is 5.32 Å². The first kappa shape index (κ1) is 17.4. The number of nitrogens with one attached hydrogen (secondary N) is 1. The van der Waals surface area contributed by atoms with Crippen molar-refractivity contribution in [1.29, 1.82) is 0 Å². The Bertz CT molecular complexity index is 537. The van der Waals surface area contributed by atoms with Crippen LogP contribution in [-0.4, -0.2) is 35.2 Å². The van der Waals surface area contributed by atoms with Gasteiger partial charge in [-0.05, 0) is 48.8 Å². The molecule has 0 heterocycles. The molecule has 2 N–H and O–H groups in total. The van der Waals surface area contributed by atoms with Crippen molar-refractivity contribution in [3.63, 3.8) is 0 Å². The predicted molar refractivity (Wildman–Crippen MR) is 80.6 cm³/mol. The smallest absolute Gasteiger partial charge is 0.323 e. The van der Waals surface area contributed by atoms with Gasteiger partial charge in [-0.3, -0.25) is 14.9 Å². The number of carbonyl (C=O) groups is 1. The van der Waals surface area contributed by atoms with E-state index in [4.69, 9.17) is 9.84 Å². The first-order chi connectivity index (χ1) is 9.81. The maximum absolute atomic E-state index is 11.1. The largest absolute Gasteiger partial charge is 0.486 e. The molecule has 0 aliphatic heterocycles. The molecule has 0 aliphatic carbocycles. The number of aliphatic carboxylic acids is 1. The Kier molecular flexibility index (Phi) is 6.10. The third kappa shape index (κ3) is 4.40. The number of halogens is 1. The summed E-state index contributed by atoms with van der Waals surface area (Å²) in [5, 5.41) is 22.8. The summed E-state index contributed by atoms with van der Waals surface area (Å²) < 4.78 is 5.93. The molecule has 0 aliphatic rings.